The summed E-state index contributed by atoms with van der Waals surface area (Å²) in [5.74, 6) is 0.790. The summed E-state index contributed by atoms with van der Waals surface area (Å²) >= 11 is 1.49. The minimum atomic E-state index is -0.0921. The van der Waals surface area contributed by atoms with E-state index in [2.05, 4.69) is 30.4 Å². The standard InChI is InChI=1S/C24H28N2O3S/c1-3-14-29-22-11-10-18-7-4-5-8-20(18)21(22)16-26(2)23(27)9-6-13-25-24(28)19-12-15-30-17-19/h4-5,7-8,10-12,15,17H,3,6,9,13-14,16H2,1-2H3,(H,25,28). The molecule has 2 aromatic carbocycles. The van der Waals surface area contributed by atoms with Gasteiger partial charge in [0.1, 0.15) is 5.75 Å². The van der Waals surface area contributed by atoms with Crippen LogP contribution in [0.25, 0.3) is 10.8 Å². The van der Waals surface area contributed by atoms with Gasteiger partial charge >= 0.3 is 0 Å². The fraction of sp³-hybridized carbons (Fsp3) is 0.333. The van der Waals surface area contributed by atoms with Crippen molar-refractivity contribution in [1.82, 2.24) is 10.2 Å². The molecule has 0 bridgehead atoms. The first-order valence-electron chi connectivity index (χ1n) is 10.3. The van der Waals surface area contributed by atoms with Crippen LogP contribution in [0.4, 0.5) is 0 Å². The molecule has 5 nitrogen and oxygen atoms in total. The van der Waals surface area contributed by atoms with Gasteiger partial charge in [-0.25, -0.2) is 0 Å². The van der Waals surface area contributed by atoms with Gasteiger partial charge in [-0.2, -0.15) is 11.3 Å². The molecular weight excluding hydrogens is 396 g/mol. The molecule has 6 heteroatoms. The van der Waals surface area contributed by atoms with Crippen molar-refractivity contribution in [2.75, 3.05) is 20.2 Å². The third kappa shape index (κ3) is 5.60. The molecule has 158 valence electrons. The van der Waals surface area contributed by atoms with Crippen LogP contribution >= 0.6 is 11.3 Å². The quantitative estimate of drug-likeness (QED) is 0.473. The van der Waals surface area contributed by atoms with E-state index >= 15 is 0 Å². The van der Waals surface area contributed by atoms with Gasteiger partial charge in [0, 0.05) is 43.1 Å². The molecule has 2 amide bonds. The zero-order chi connectivity index (χ0) is 21.3. The van der Waals surface area contributed by atoms with Gasteiger partial charge in [-0.15, -0.1) is 0 Å². The summed E-state index contributed by atoms with van der Waals surface area (Å²) in [6, 6.07) is 14.0. The van der Waals surface area contributed by atoms with E-state index in [1.807, 2.05) is 36.0 Å². The van der Waals surface area contributed by atoms with Gasteiger partial charge in [0.25, 0.3) is 5.91 Å². The molecule has 0 fully saturated rings. The summed E-state index contributed by atoms with van der Waals surface area (Å²) < 4.78 is 5.95. The zero-order valence-electron chi connectivity index (χ0n) is 17.5. The Labute approximate surface area is 181 Å². The number of carbonyl (C=O) groups is 2. The highest BCUT2D eigenvalue weighted by atomic mass is 32.1. The largest absolute Gasteiger partial charge is 0.493 e. The second kappa shape index (κ2) is 10.8. The third-order valence-corrected chi connectivity index (χ3v) is 5.60. The van der Waals surface area contributed by atoms with E-state index in [0.717, 1.165) is 28.5 Å². The SMILES string of the molecule is CCCOc1ccc2ccccc2c1CN(C)C(=O)CCCNC(=O)c1ccsc1. The van der Waals surface area contributed by atoms with Gasteiger partial charge < -0.3 is 15.0 Å². The van der Waals surface area contributed by atoms with E-state index in [4.69, 9.17) is 4.74 Å². The van der Waals surface area contributed by atoms with Crippen LogP contribution in [0.1, 0.15) is 42.1 Å². The van der Waals surface area contributed by atoms with Crippen molar-refractivity contribution in [1.29, 1.82) is 0 Å². The first kappa shape index (κ1) is 21.8. The second-order valence-electron chi connectivity index (χ2n) is 7.23. The fourth-order valence-electron chi connectivity index (χ4n) is 3.28. The summed E-state index contributed by atoms with van der Waals surface area (Å²) in [4.78, 5) is 26.4. The number of amides is 2. The number of thiophene rings is 1. The average Bonchev–Trinajstić information content (AvgIpc) is 3.31. The minimum Gasteiger partial charge on any atom is -0.493 e. The third-order valence-electron chi connectivity index (χ3n) is 4.92. The second-order valence-corrected chi connectivity index (χ2v) is 8.01. The highest BCUT2D eigenvalue weighted by Gasteiger charge is 2.15. The molecule has 0 saturated heterocycles. The number of nitrogens with one attached hydrogen (secondary N) is 1. The van der Waals surface area contributed by atoms with Crippen LogP contribution < -0.4 is 10.1 Å². The van der Waals surface area contributed by atoms with Crippen LogP contribution in [0.15, 0.2) is 53.2 Å². The molecule has 3 aromatic rings. The molecule has 3 rings (SSSR count). The molecule has 0 saturated carbocycles. The van der Waals surface area contributed by atoms with Crippen molar-refractivity contribution < 1.29 is 14.3 Å². The molecule has 0 spiro atoms. The molecule has 30 heavy (non-hydrogen) atoms. The van der Waals surface area contributed by atoms with Crippen molar-refractivity contribution in [2.24, 2.45) is 0 Å². The van der Waals surface area contributed by atoms with Gasteiger partial charge in [-0.1, -0.05) is 37.3 Å². The van der Waals surface area contributed by atoms with Crippen molar-refractivity contribution >= 4 is 33.9 Å². The van der Waals surface area contributed by atoms with Crippen LogP contribution in [0.5, 0.6) is 5.75 Å². The van der Waals surface area contributed by atoms with Crippen molar-refractivity contribution in [2.45, 2.75) is 32.7 Å². The lowest BCUT2D eigenvalue weighted by Crippen LogP contribution is -2.29. The van der Waals surface area contributed by atoms with Crippen LogP contribution in [0, 0.1) is 0 Å². The lowest BCUT2D eigenvalue weighted by Gasteiger charge is -2.21. The highest BCUT2D eigenvalue weighted by molar-refractivity contribution is 7.08. The summed E-state index contributed by atoms with van der Waals surface area (Å²) in [6.45, 7) is 3.69. The molecule has 0 radical (unpaired) electrons. The Morgan fingerprint density at radius 1 is 1.13 bits per heavy atom. The van der Waals surface area contributed by atoms with Crippen LogP contribution in [-0.2, 0) is 11.3 Å². The Bertz CT molecular complexity index is 985. The molecule has 0 aliphatic rings. The van der Waals surface area contributed by atoms with Crippen LogP contribution in [0.2, 0.25) is 0 Å². The van der Waals surface area contributed by atoms with Crippen molar-refractivity contribution in [3.63, 3.8) is 0 Å². The number of ether oxygens (including phenoxy) is 1. The van der Waals surface area contributed by atoms with Gasteiger partial charge in [0.15, 0.2) is 0 Å². The van der Waals surface area contributed by atoms with E-state index < -0.39 is 0 Å². The smallest absolute Gasteiger partial charge is 0.252 e. The monoisotopic (exact) mass is 424 g/mol. The predicted octanol–water partition coefficient (Wildman–Crippen LogP) is 4.86. The molecule has 0 unspecified atom stereocenters. The van der Waals surface area contributed by atoms with Crippen molar-refractivity contribution in [3.05, 3.63) is 64.4 Å². The Morgan fingerprint density at radius 2 is 1.97 bits per heavy atom. The number of hydrogen-bond donors (Lipinski definition) is 1. The normalized spacial score (nSPS) is 10.7. The van der Waals surface area contributed by atoms with Gasteiger partial charge in [0.2, 0.25) is 5.91 Å². The Morgan fingerprint density at radius 3 is 2.73 bits per heavy atom. The van der Waals surface area contributed by atoms with E-state index in [0.29, 0.717) is 38.1 Å². The predicted molar refractivity (Wildman–Crippen MR) is 122 cm³/mol. The minimum absolute atomic E-state index is 0.0501. The number of fused-ring (bicyclic) bond motifs is 1. The first-order valence-corrected chi connectivity index (χ1v) is 11.2. The van der Waals surface area contributed by atoms with Gasteiger partial charge in [0.05, 0.1) is 6.61 Å². The van der Waals surface area contributed by atoms with Gasteiger partial charge in [-0.05, 0) is 41.1 Å². The molecule has 0 aliphatic heterocycles. The lowest BCUT2D eigenvalue weighted by atomic mass is 10.0. The summed E-state index contributed by atoms with van der Waals surface area (Å²) in [6.07, 6.45) is 1.92. The van der Waals surface area contributed by atoms with Crippen molar-refractivity contribution in [3.8, 4) is 5.75 Å². The van der Waals surface area contributed by atoms with E-state index in [1.54, 1.807) is 11.0 Å². The number of nitrogens with zero attached hydrogens (tertiary/aromatic N) is 1. The number of carbonyl (C=O) groups excluding carboxylic acids is 2. The maximum Gasteiger partial charge on any atom is 0.252 e. The number of hydrogen-bond acceptors (Lipinski definition) is 4. The summed E-state index contributed by atoms with van der Waals surface area (Å²) in [7, 11) is 1.82. The van der Waals surface area contributed by atoms with E-state index in [9.17, 15) is 9.59 Å². The van der Waals surface area contributed by atoms with Crippen LogP contribution in [-0.4, -0.2) is 36.9 Å². The highest BCUT2D eigenvalue weighted by Crippen LogP contribution is 2.29. The molecular formula is C24H28N2O3S. The zero-order valence-corrected chi connectivity index (χ0v) is 18.3. The summed E-state index contributed by atoms with van der Waals surface area (Å²) in [5.41, 5.74) is 1.70. The summed E-state index contributed by atoms with van der Waals surface area (Å²) in [5, 5.41) is 8.79. The number of rotatable bonds is 10. The lowest BCUT2D eigenvalue weighted by molar-refractivity contribution is -0.130. The van der Waals surface area contributed by atoms with Crippen LogP contribution in [0.3, 0.4) is 0 Å². The molecule has 0 aliphatic carbocycles. The molecule has 1 heterocycles. The topological polar surface area (TPSA) is 58.6 Å². The Hall–Kier alpha value is -2.86. The fourth-order valence-corrected chi connectivity index (χ4v) is 3.92. The van der Waals surface area contributed by atoms with E-state index in [1.165, 1.54) is 11.3 Å². The van der Waals surface area contributed by atoms with Gasteiger partial charge in [-0.3, -0.25) is 9.59 Å². The molecule has 1 N–H and O–H groups in total. The molecule has 1 aromatic heterocycles. The number of benzene rings is 2. The Balaban J connectivity index is 1.59. The molecule has 0 atom stereocenters. The first-order chi connectivity index (χ1) is 14.6. The van der Waals surface area contributed by atoms with E-state index in [-0.39, 0.29) is 11.8 Å². The maximum atomic E-state index is 12.7. The maximum absolute atomic E-state index is 12.7. The average molecular weight is 425 g/mol. The Kier molecular flexibility index (Phi) is 7.85.